The van der Waals surface area contributed by atoms with E-state index in [-0.39, 0.29) is 25.2 Å². The molecule has 1 aliphatic rings. The lowest BCUT2D eigenvalue weighted by Crippen LogP contribution is -2.50. The van der Waals surface area contributed by atoms with E-state index in [1.54, 1.807) is 11.9 Å². The molecule has 0 radical (unpaired) electrons. The topological polar surface area (TPSA) is 64.1 Å². The number of carbonyl (C=O) groups is 2. The minimum atomic E-state index is -1.06. The number of terminal acetylenes is 1. The van der Waals surface area contributed by atoms with Crippen LogP contribution in [0.5, 0.6) is 0 Å². The number of nitrogens with zero attached hydrogens (tertiary/aromatic N) is 3. The van der Waals surface area contributed by atoms with Crippen LogP contribution in [0.2, 0.25) is 0 Å². The fourth-order valence-corrected chi connectivity index (χ4v) is 2.23. The van der Waals surface area contributed by atoms with Gasteiger partial charge in [0.1, 0.15) is 6.54 Å². The fourth-order valence-electron chi connectivity index (χ4n) is 2.23. The summed E-state index contributed by atoms with van der Waals surface area (Å²) < 4.78 is 0. The number of carboxylic acid groups (broad SMARTS) is 1. The van der Waals surface area contributed by atoms with Gasteiger partial charge in [0.25, 0.3) is 0 Å². The van der Waals surface area contributed by atoms with Crippen LogP contribution < -0.4 is 0 Å². The first kappa shape index (κ1) is 15.3. The molecular weight excluding hydrogens is 246 g/mol. The van der Waals surface area contributed by atoms with Crippen LogP contribution in [0.15, 0.2) is 0 Å². The molecule has 0 atom stereocenters. The van der Waals surface area contributed by atoms with Crippen molar-refractivity contribution in [2.24, 2.45) is 0 Å². The molecule has 0 spiro atoms. The maximum Gasteiger partial charge on any atom is 0.323 e. The second-order valence-corrected chi connectivity index (χ2v) is 4.88. The van der Waals surface area contributed by atoms with E-state index in [1.807, 2.05) is 7.05 Å². The zero-order valence-electron chi connectivity index (χ0n) is 11.5. The minimum absolute atomic E-state index is 0.0160. The number of carboxylic acids is 1. The summed E-state index contributed by atoms with van der Waals surface area (Å²) in [6.07, 6.45) is 6.97. The summed E-state index contributed by atoms with van der Waals surface area (Å²) in [7, 11) is 3.76. The van der Waals surface area contributed by atoms with Crippen LogP contribution in [0.1, 0.15) is 12.8 Å². The van der Waals surface area contributed by atoms with Crippen LogP contribution in [-0.4, -0.2) is 78.1 Å². The van der Waals surface area contributed by atoms with Gasteiger partial charge in [-0.15, -0.1) is 6.42 Å². The number of aliphatic carboxylic acids is 1. The van der Waals surface area contributed by atoms with Gasteiger partial charge in [0.2, 0.25) is 0 Å². The van der Waals surface area contributed by atoms with Gasteiger partial charge in [-0.2, -0.15) is 0 Å². The molecule has 1 heterocycles. The zero-order chi connectivity index (χ0) is 14.4. The monoisotopic (exact) mass is 267 g/mol. The molecule has 1 aliphatic heterocycles. The molecule has 19 heavy (non-hydrogen) atoms. The van der Waals surface area contributed by atoms with Gasteiger partial charge in [0.15, 0.2) is 0 Å². The largest absolute Gasteiger partial charge is 0.480 e. The molecule has 0 aliphatic carbocycles. The summed E-state index contributed by atoms with van der Waals surface area (Å²) in [5.41, 5.74) is 0. The third kappa shape index (κ3) is 4.45. The molecule has 0 aromatic carbocycles. The number of rotatable bonds is 4. The van der Waals surface area contributed by atoms with E-state index in [0.29, 0.717) is 0 Å². The highest BCUT2D eigenvalue weighted by atomic mass is 16.4. The van der Waals surface area contributed by atoms with Gasteiger partial charge in [-0.1, -0.05) is 5.92 Å². The van der Waals surface area contributed by atoms with Crippen molar-refractivity contribution < 1.29 is 14.7 Å². The lowest BCUT2D eigenvalue weighted by atomic mass is 10.0. The van der Waals surface area contributed by atoms with Crippen molar-refractivity contribution in [2.45, 2.75) is 18.9 Å². The second-order valence-electron chi connectivity index (χ2n) is 4.88. The molecule has 1 fully saturated rings. The smallest absolute Gasteiger partial charge is 0.323 e. The molecule has 0 saturated carbocycles. The van der Waals surface area contributed by atoms with Crippen LogP contribution in [0.4, 0.5) is 4.79 Å². The predicted molar refractivity (Wildman–Crippen MR) is 71.7 cm³/mol. The van der Waals surface area contributed by atoms with Crippen molar-refractivity contribution in [1.29, 1.82) is 0 Å². The Morgan fingerprint density at radius 1 is 1.42 bits per heavy atom. The van der Waals surface area contributed by atoms with E-state index in [0.717, 1.165) is 25.9 Å². The molecular formula is C13H21N3O3. The highest BCUT2D eigenvalue weighted by molar-refractivity contribution is 5.80. The van der Waals surface area contributed by atoms with E-state index in [9.17, 15) is 9.59 Å². The summed E-state index contributed by atoms with van der Waals surface area (Å²) in [5.74, 6) is 1.27. The highest BCUT2D eigenvalue weighted by Crippen LogP contribution is 2.15. The van der Waals surface area contributed by atoms with E-state index >= 15 is 0 Å². The summed E-state index contributed by atoms with van der Waals surface area (Å²) in [5, 5.41) is 8.80. The molecule has 0 aromatic rings. The number of amides is 2. The molecule has 1 N–H and O–H groups in total. The van der Waals surface area contributed by atoms with Crippen molar-refractivity contribution in [3.63, 3.8) is 0 Å². The maximum absolute atomic E-state index is 12.2. The first-order chi connectivity index (χ1) is 8.95. The quantitative estimate of drug-likeness (QED) is 0.737. The number of carbonyl (C=O) groups excluding carboxylic acids is 1. The Balaban J connectivity index is 2.62. The van der Waals surface area contributed by atoms with Crippen molar-refractivity contribution >= 4 is 12.0 Å². The van der Waals surface area contributed by atoms with E-state index in [2.05, 4.69) is 10.8 Å². The Kier molecular flexibility index (Phi) is 5.64. The van der Waals surface area contributed by atoms with Crippen LogP contribution in [0.3, 0.4) is 0 Å². The van der Waals surface area contributed by atoms with Crippen molar-refractivity contribution in [2.75, 3.05) is 40.3 Å². The third-order valence-corrected chi connectivity index (χ3v) is 3.42. The Bertz CT molecular complexity index is 370. The lowest BCUT2D eigenvalue weighted by molar-refractivity contribution is -0.137. The molecule has 0 bridgehead atoms. The summed E-state index contributed by atoms with van der Waals surface area (Å²) >= 11 is 0. The van der Waals surface area contributed by atoms with E-state index < -0.39 is 5.97 Å². The molecule has 106 valence electrons. The van der Waals surface area contributed by atoms with Crippen molar-refractivity contribution in [1.82, 2.24) is 14.7 Å². The normalized spacial score (nSPS) is 16.7. The average Bonchev–Trinajstić information content (AvgIpc) is 2.37. The number of piperidine rings is 1. The fraction of sp³-hybridized carbons (Fsp3) is 0.692. The Labute approximate surface area is 114 Å². The van der Waals surface area contributed by atoms with Crippen LogP contribution in [0.25, 0.3) is 0 Å². The number of hydrogen-bond donors (Lipinski definition) is 1. The second kappa shape index (κ2) is 7.00. The third-order valence-electron chi connectivity index (χ3n) is 3.42. The number of likely N-dealkylation sites (tertiary alicyclic amines) is 1. The van der Waals surface area contributed by atoms with E-state index in [1.165, 1.54) is 4.90 Å². The predicted octanol–water partition coefficient (Wildman–Crippen LogP) is 0.152. The molecule has 6 heteroatoms. The Morgan fingerprint density at radius 3 is 2.47 bits per heavy atom. The number of urea groups is 1. The van der Waals surface area contributed by atoms with Crippen molar-refractivity contribution in [3.8, 4) is 12.3 Å². The first-order valence-corrected chi connectivity index (χ1v) is 6.31. The Morgan fingerprint density at radius 2 is 2.00 bits per heavy atom. The van der Waals surface area contributed by atoms with Gasteiger partial charge in [0.05, 0.1) is 6.54 Å². The first-order valence-electron chi connectivity index (χ1n) is 6.31. The molecule has 6 nitrogen and oxygen atoms in total. The Hall–Kier alpha value is -1.74. The highest BCUT2D eigenvalue weighted by Gasteiger charge is 2.27. The maximum atomic E-state index is 12.2. The van der Waals surface area contributed by atoms with Crippen LogP contribution >= 0.6 is 0 Å². The van der Waals surface area contributed by atoms with Crippen LogP contribution in [-0.2, 0) is 4.79 Å². The van der Waals surface area contributed by atoms with Gasteiger partial charge in [-0.3, -0.25) is 4.79 Å². The van der Waals surface area contributed by atoms with Gasteiger partial charge in [0, 0.05) is 13.1 Å². The molecule has 1 saturated heterocycles. The average molecular weight is 267 g/mol. The van der Waals surface area contributed by atoms with Gasteiger partial charge >= 0.3 is 12.0 Å². The van der Waals surface area contributed by atoms with Gasteiger partial charge < -0.3 is 19.8 Å². The SMILES string of the molecule is C#CCN(CC(=O)O)C(=O)N(C)C1CCN(C)CC1. The number of hydrogen-bond acceptors (Lipinski definition) is 3. The summed E-state index contributed by atoms with van der Waals surface area (Å²) in [6.45, 7) is 1.54. The zero-order valence-corrected chi connectivity index (χ0v) is 11.5. The molecule has 1 rings (SSSR count). The van der Waals surface area contributed by atoms with Crippen LogP contribution in [0, 0.1) is 12.3 Å². The molecule has 0 unspecified atom stereocenters. The van der Waals surface area contributed by atoms with Gasteiger partial charge in [-0.05, 0) is 33.0 Å². The van der Waals surface area contributed by atoms with Crippen molar-refractivity contribution in [3.05, 3.63) is 0 Å². The molecule has 0 aromatic heterocycles. The standard InChI is InChI=1S/C13H21N3O3/c1-4-7-16(10-12(17)18)13(19)15(3)11-5-8-14(2)9-6-11/h1,11H,5-10H2,2-3H3,(H,17,18). The van der Waals surface area contributed by atoms with Gasteiger partial charge in [-0.25, -0.2) is 4.79 Å². The minimum Gasteiger partial charge on any atom is -0.480 e. The van der Waals surface area contributed by atoms with E-state index in [4.69, 9.17) is 11.5 Å². The lowest BCUT2D eigenvalue weighted by Gasteiger charge is -2.37. The summed E-state index contributed by atoms with van der Waals surface area (Å²) in [4.78, 5) is 28.0. The molecule has 2 amide bonds. The summed E-state index contributed by atoms with van der Waals surface area (Å²) in [6, 6.07) is -0.160.